The van der Waals surface area contributed by atoms with E-state index in [4.69, 9.17) is 9.47 Å². The van der Waals surface area contributed by atoms with Crippen LogP contribution in [0.3, 0.4) is 0 Å². The molecule has 0 saturated carbocycles. The van der Waals surface area contributed by atoms with Crippen LogP contribution in [0.5, 0.6) is 0 Å². The molecule has 5 nitrogen and oxygen atoms in total. The summed E-state index contributed by atoms with van der Waals surface area (Å²) in [6, 6.07) is 7.27. The number of morpholine rings is 1. The monoisotopic (exact) mass is 374 g/mol. The average Bonchev–Trinajstić information content (AvgIpc) is 2.69. The van der Waals surface area contributed by atoms with Crippen LogP contribution in [0.4, 0.5) is 0 Å². The molecular weight excluding hydrogens is 340 g/mol. The van der Waals surface area contributed by atoms with Crippen molar-refractivity contribution < 1.29 is 14.3 Å². The molecule has 2 saturated heterocycles. The molecule has 5 heteroatoms. The first kappa shape index (κ1) is 20.3. The number of carbonyl (C=O) groups excluding carboxylic acids is 1. The maximum Gasteiger partial charge on any atom is 0.305 e. The van der Waals surface area contributed by atoms with Gasteiger partial charge in [-0.25, -0.2) is 0 Å². The lowest BCUT2D eigenvalue weighted by Crippen LogP contribution is -2.53. The Kier molecular flexibility index (Phi) is 7.27. The van der Waals surface area contributed by atoms with Gasteiger partial charge in [-0.3, -0.25) is 14.6 Å². The first-order chi connectivity index (χ1) is 13.1. The summed E-state index contributed by atoms with van der Waals surface area (Å²) in [4.78, 5) is 16.9. The SMILES string of the molecule is COC(=O)CC[C@H]1CN(Cc2cc(C)ccc2C)CC[C@H]1N1CCOCC1. The number of ether oxygens (including phenoxy) is 2. The highest BCUT2D eigenvalue weighted by Crippen LogP contribution is 2.28. The van der Waals surface area contributed by atoms with Crippen LogP contribution in [-0.2, 0) is 20.8 Å². The lowest BCUT2D eigenvalue weighted by atomic mass is 9.86. The second-order valence-electron chi connectivity index (χ2n) is 8.04. The Labute approximate surface area is 163 Å². The van der Waals surface area contributed by atoms with Gasteiger partial charge < -0.3 is 9.47 Å². The zero-order chi connectivity index (χ0) is 19.2. The molecule has 0 amide bonds. The molecule has 0 bridgehead atoms. The molecule has 2 fully saturated rings. The van der Waals surface area contributed by atoms with Gasteiger partial charge in [0.15, 0.2) is 0 Å². The summed E-state index contributed by atoms with van der Waals surface area (Å²) in [5.74, 6) is 0.406. The van der Waals surface area contributed by atoms with Crippen molar-refractivity contribution in [3.63, 3.8) is 0 Å². The Bertz CT molecular complexity index is 628. The van der Waals surface area contributed by atoms with Crippen molar-refractivity contribution in [1.82, 2.24) is 9.80 Å². The molecule has 1 aromatic carbocycles. The van der Waals surface area contributed by atoms with Gasteiger partial charge in [-0.1, -0.05) is 23.8 Å². The van der Waals surface area contributed by atoms with Crippen LogP contribution in [0.2, 0.25) is 0 Å². The van der Waals surface area contributed by atoms with Crippen LogP contribution in [0.25, 0.3) is 0 Å². The average molecular weight is 375 g/mol. The molecule has 0 radical (unpaired) electrons. The molecule has 3 rings (SSSR count). The first-order valence-corrected chi connectivity index (χ1v) is 10.2. The molecule has 2 aliphatic heterocycles. The highest BCUT2D eigenvalue weighted by atomic mass is 16.5. The first-order valence-electron chi connectivity index (χ1n) is 10.2. The summed E-state index contributed by atoms with van der Waals surface area (Å²) < 4.78 is 10.4. The van der Waals surface area contributed by atoms with Crippen molar-refractivity contribution in [3.8, 4) is 0 Å². The zero-order valence-electron chi connectivity index (χ0n) is 17.1. The second kappa shape index (κ2) is 9.67. The van der Waals surface area contributed by atoms with E-state index < -0.39 is 0 Å². The highest BCUT2D eigenvalue weighted by Gasteiger charge is 2.34. The number of piperidine rings is 1. The van der Waals surface area contributed by atoms with Crippen molar-refractivity contribution >= 4 is 5.97 Å². The van der Waals surface area contributed by atoms with Crippen molar-refractivity contribution in [2.75, 3.05) is 46.5 Å². The molecule has 150 valence electrons. The normalized spacial score (nSPS) is 24.7. The minimum atomic E-state index is -0.0950. The van der Waals surface area contributed by atoms with Crippen LogP contribution in [-0.4, -0.2) is 68.3 Å². The number of esters is 1. The van der Waals surface area contributed by atoms with E-state index in [0.29, 0.717) is 18.4 Å². The Morgan fingerprint density at radius 3 is 2.74 bits per heavy atom. The summed E-state index contributed by atoms with van der Waals surface area (Å²) in [7, 11) is 1.48. The summed E-state index contributed by atoms with van der Waals surface area (Å²) >= 11 is 0. The molecular formula is C22H34N2O3. The second-order valence-corrected chi connectivity index (χ2v) is 8.04. The third-order valence-electron chi connectivity index (χ3n) is 6.14. The third-order valence-corrected chi connectivity index (χ3v) is 6.14. The Balaban J connectivity index is 1.66. The highest BCUT2D eigenvalue weighted by molar-refractivity contribution is 5.69. The van der Waals surface area contributed by atoms with Gasteiger partial charge in [0.05, 0.1) is 20.3 Å². The molecule has 0 spiro atoms. The third kappa shape index (κ3) is 5.53. The van der Waals surface area contributed by atoms with Gasteiger partial charge >= 0.3 is 5.97 Å². The fourth-order valence-electron chi connectivity index (χ4n) is 4.53. The number of benzene rings is 1. The summed E-state index contributed by atoms with van der Waals surface area (Å²) in [5, 5.41) is 0. The number of aryl methyl sites for hydroxylation is 2. The molecule has 2 atom stereocenters. The van der Waals surface area contributed by atoms with Crippen LogP contribution >= 0.6 is 0 Å². The predicted octanol–water partition coefficient (Wildman–Crippen LogP) is 2.78. The zero-order valence-corrected chi connectivity index (χ0v) is 17.1. The number of carbonyl (C=O) groups is 1. The summed E-state index contributed by atoms with van der Waals surface area (Å²) in [6.45, 7) is 11.2. The Morgan fingerprint density at radius 1 is 1.22 bits per heavy atom. The molecule has 0 aromatic heterocycles. The fraction of sp³-hybridized carbons (Fsp3) is 0.682. The molecule has 0 N–H and O–H groups in total. The Morgan fingerprint density at radius 2 is 2.00 bits per heavy atom. The van der Waals surface area contributed by atoms with Crippen molar-refractivity contribution in [2.24, 2.45) is 5.92 Å². The summed E-state index contributed by atoms with van der Waals surface area (Å²) in [5.41, 5.74) is 4.11. The van der Waals surface area contributed by atoms with Crippen LogP contribution < -0.4 is 0 Å². The Hall–Kier alpha value is -1.43. The van der Waals surface area contributed by atoms with Gasteiger partial charge in [0.2, 0.25) is 0 Å². The van der Waals surface area contributed by atoms with Gasteiger partial charge in [-0.05, 0) is 50.3 Å². The van der Waals surface area contributed by atoms with Crippen LogP contribution in [0.1, 0.15) is 36.0 Å². The number of hydrogen-bond acceptors (Lipinski definition) is 5. The molecule has 2 aliphatic rings. The molecule has 0 unspecified atom stereocenters. The minimum Gasteiger partial charge on any atom is -0.469 e. The summed E-state index contributed by atoms with van der Waals surface area (Å²) in [6.07, 6.45) is 2.58. The van der Waals surface area contributed by atoms with E-state index in [1.165, 1.54) is 23.8 Å². The quantitative estimate of drug-likeness (QED) is 0.716. The number of rotatable bonds is 6. The number of methoxy groups -OCH3 is 1. The van der Waals surface area contributed by atoms with Crippen LogP contribution in [0, 0.1) is 19.8 Å². The number of hydrogen-bond donors (Lipinski definition) is 0. The van der Waals surface area contributed by atoms with E-state index in [2.05, 4.69) is 41.8 Å². The molecule has 1 aromatic rings. The topological polar surface area (TPSA) is 42.0 Å². The molecule has 27 heavy (non-hydrogen) atoms. The molecule has 2 heterocycles. The van der Waals surface area contributed by atoms with Gasteiger partial charge in [0.25, 0.3) is 0 Å². The largest absolute Gasteiger partial charge is 0.469 e. The van der Waals surface area contributed by atoms with Crippen molar-refractivity contribution in [2.45, 2.75) is 45.7 Å². The van der Waals surface area contributed by atoms with E-state index in [9.17, 15) is 4.79 Å². The molecule has 0 aliphatic carbocycles. The van der Waals surface area contributed by atoms with Gasteiger partial charge in [-0.2, -0.15) is 0 Å². The minimum absolute atomic E-state index is 0.0950. The predicted molar refractivity (Wildman–Crippen MR) is 107 cm³/mol. The van der Waals surface area contributed by atoms with Crippen molar-refractivity contribution in [3.05, 3.63) is 34.9 Å². The van der Waals surface area contributed by atoms with Crippen LogP contribution in [0.15, 0.2) is 18.2 Å². The maximum atomic E-state index is 11.7. The van der Waals surface area contributed by atoms with Gasteiger partial charge in [0, 0.05) is 38.6 Å². The maximum absolute atomic E-state index is 11.7. The van der Waals surface area contributed by atoms with E-state index in [-0.39, 0.29) is 5.97 Å². The lowest BCUT2D eigenvalue weighted by molar-refractivity contribution is -0.141. The lowest BCUT2D eigenvalue weighted by Gasteiger charge is -2.45. The smallest absolute Gasteiger partial charge is 0.305 e. The van der Waals surface area contributed by atoms with Gasteiger partial charge in [-0.15, -0.1) is 0 Å². The van der Waals surface area contributed by atoms with Gasteiger partial charge in [0.1, 0.15) is 0 Å². The fourth-order valence-corrected chi connectivity index (χ4v) is 4.53. The number of nitrogens with zero attached hydrogens (tertiary/aromatic N) is 2. The van der Waals surface area contributed by atoms with E-state index >= 15 is 0 Å². The van der Waals surface area contributed by atoms with E-state index in [0.717, 1.165) is 58.8 Å². The number of likely N-dealkylation sites (tertiary alicyclic amines) is 1. The van der Waals surface area contributed by atoms with E-state index in [1.54, 1.807) is 0 Å². The van der Waals surface area contributed by atoms with E-state index in [1.807, 2.05) is 0 Å². The van der Waals surface area contributed by atoms with Crippen molar-refractivity contribution in [1.29, 1.82) is 0 Å². The standard InChI is InChI=1S/C22H34N2O3/c1-17-4-5-18(2)20(14-17)16-23-9-8-21(24-10-12-27-13-11-24)19(15-23)6-7-22(25)26-3/h4-5,14,19,21H,6-13,15-16H2,1-3H3/t19-,21+/m0/s1.